The third-order valence-electron chi connectivity index (χ3n) is 7.45. The third kappa shape index (κ3) is 6.37. The van der Waals surface area contributed by atoms with Crippen molar-refractivity contribution in [2.24, 2.45) is 23.7 Å². The fourth-order valence-corrected chi connectivity index (χ4v) is 5.41. The maximum absolute atomic E-state index is 13.0. The summed E-state index contributed by atoms with van der Waals surface area (Å²) in [4.78, 5) is 63.5. The molecule has 0 aromatic carbocycles. The predicted molar refractivity (Wildman–Crippen MR) is 119 cm³/mol. The zero-order valence-corrected chi connectivity index (χ0v) is 20.0. The Balaban J connectivity index is 1.36. The second-order valence-electron chi connectivity index (χ2n) is 10.4. The highest BCUT2D eigenvalue weighted by molar-refractivity contribution is 5.98. The minimum absolute atomic E-state index is 0.000246. The van der Waals surface area contributed by atoms with Crippen LogP contribution in [0.1, 0.15) is 58.8 Å². The molecule has 0 bridgehead atoms. The van der Waals surface area contributed by atoms with Gasteiger partial charge in [-0.05, 0) is 31.1 Å². The summed E-state index contributed by atoms with van der Waals surface area (Å²) < 4.78 is 16.1. The van der Waals surface area contributed by atoms with Gasteiger partial charge in [-0.3, -0.25) is 28.9 Å². The largest absolute Gasteiger partial charge is 0.377 e. The molecule has 3 aliphatic heterocycles. The van der Waals surface area contributed by atoms with Crippen molar-refractivity contribution in [3.63, 3.8) is 0 Å². The van der Waals surface area contributed by atoms with E-state index >= 15 is 0 Å². The van der Waals surface area contributed by atoms with Crippen LogP contribution in [0.15, 0.2) is 0 Å². The molecule has 9 heteroatoms. The molecule has 0 N–H and O–H groups in total. The first-order valence-corrected chi connectivity index (χ1v) is 12.5. The number of hydrogen-bond acceptors (Lipinski definition) is 8. The van der Waals surface area contributed by atoms with Gasteiger partial charge in [0.25, 0.3) is 0 Å². The molecule has 188 valence electrons. The fourth-order valence-electron chi connectivity index (χ4n) is 5.41. The Labute approximate surface area is 199 Å². The molecule has 2 amide bonds. The van der Waals surface area contributed by atoms with Gasteiger partial charge >= 0.3 is 0 Å². The van der Waals surface area contributed by atoms with Crippen LogP contribution in [-0.2, 0) is 38.2 Å². The highest BCUT2D eigenvalue weighted by atomic mass is 16.6. The summed E-state index contributed by atoms with van der Waals surface area (Å²) in [5, 5.41) is 0. The number of carbonyl (C=O) groups excluding carboxylic acids is 5. The average Bonchev–Trinajstić information content (AvgIpc) is 3.67. The molecule has 4 fully saturated rings. The van der Waals surface area contributed by atoms with Crippen molar-refractivity contribution in [2.75, 3.05) is 26.4 Å². The molecule has 1 saturated carbocycles. The molecule has 4 unspecified atom stereocenters. The van der Waals surface area contributed by atoms with Crippen molar-refractivity contribution in [1.82, 2.24) is 4.90 Å². The lowest BCUT2D eigenvalue weighted by Crippen LogP contribution is -2.46. The average molecular weight is 478 g/mol. The molecule has 0 radical (unpaired) electrons. The first kappa shape index (κ1) is 25.1. The van der Waals surface area contributed by atoms with E-state index in [9.17, 15) is 24.0 Å². The zero-order valence-electron chi connectivity index (χ0n) is 20.0. The van der Waals surface area contributed by atoms with E-state index in [-0.39, 0.29) is 98.0 Å². The quantitative estimate of drug-likeness (QED) is 0.306. The van der Waals surface area contributed by atoms with Crippen molar-refractivity contribution < 1.29 is 38.2 Å². The molecule has 0 aromatic heterocycles. The number of ether oxygens (including phenoxy) is 3. The van der Waals surface area contributed by atoms with Crippen molar-refractivity contribution in [3.8, 4) is 0 Å². The van der Waals surface area contributed by atoms with Crippen LogP contribution in [0.3, 0.4) is 0 Å². The van der Waals surface area contributed by atoms with E-state index in [0.717, 1.165) is 6.42 Å². The SMILES string of the molecule is CC1C[C@H](C)CC([C@@H](CC2CC(=O)N(CCC(=O)C3CO3)C(=O)C2)OCCC(=O)C2CO2)C1=O. The number of imide groups is 1. The fraction of sp³-hybridized carbons (Fsp3) is 0.800. The van der Waals surface area contributed by atoms with Crippen LogP contribution in [0.5, 0.6) is 0 Å². The molecule has 3 saturated heterocycles. The molecule has 34 heavy (non-hydrogen) atoms. The number of carbonyl (C=O) groups is 5. The van der Waals surface area contributed by atoms with Crippen LogP contribution in [-0.4, -0.2) is 78.7 Å². The van der Waals surface area contributed by atoms with Crippen molar-refractivity contribution in [2.45, 2.75) is 77.1 Å². The van der Waals surface area contributed by atoms with Crippen LogP contribution in [0.25, 0.3) is 0 Å². The molecule has 0 spiro atoms. The highest BCUT2D eigenvalue weighted by Crippen LogP contribution is 2.37. The van der Waals surface area contributed by atoms with Gasteiger partial charge < -0.3 is 14.2 Å². The molecule has 4 aliphatic rings. The maximum atomic E-state index is 13.0. The summed E-state index contributed by atoms with van der Waals surface area (Å²) in [7, 11) is 0. The molecule has 6 atom stereocenters. The van der Waals surface area contributed by atoms with E-state index < -0.39 is 6.10 Å². The maximum Gasteiger partial charge on any atom is 0.229 e. The smallest absolute Gasteiger partial charge is 0.229 e. The standard InChI is InChI=1S/C25H35NO8/c1-14-7-15(2)25(31)17(8-14)20(32-6-4-19(28)22-13-34-22)9-16-10-23(29)26(24(30)11-16)5-3-18(27)21-12-33-21/h14-17,20-22H,3-13H2,1-2H3/t14-,15?,17?,20+,21?,22?/m0/s1. The number of piperidine rings is 1. The second kappa shape index (κ2) is 10.7. The van der Waals surface area contributed by atoms with E-state index in [0.29, 0.717) is 32.0 Å². The van der Waals surface area contributed by atoms with Gasteiger partial charge in [0.2, 0.25) is 11.8 Å². The number of hydrogen-bond donors (Lipinski definition) is 0. The molecule has 3 heterocycles. The Morgan fingerprint density at radius 1 is 0.971 bits per heavy atom. The van der Waals surface area contributed by atoms with E-state index in [4.69, 9.17) is 14.2 Å². The van der Waals surface area contributed by atoms with Gasteiger partial charge in [0.05, 0.1) is 25.9 Å². The number of ketones is 3. The number of Topliss-reactive ketones (excluding diaryl/α,β-unsaturated/α-hetero) is 3. The monoisotopic (exact) mass is 477 g/mol. The number of epoxide rings is 2. The lowest BCUT2D eigenvalue weighted by Gasteiger charge is -2.38. The van der Waals surface area contributed by atoms with Gasteiger partial charge in [-0.25, -0.2) is 0 Å². The molecular formula is C25H35NO8. The van der Waals surface area contributed by atoms with E-state index in [1.54, 1.807) is 0 Å². The van der Waals surface area contributed by atoms with Crippen LogP contribution in [0.4, 0.5) is 0 Å². The van der Waals surface area contributed by atoms with E-state index in [2.05, 4.69) is 6.92 Å². The number of rotatable bonds is 12. The van der Waals surface area contributed by atoms with Crippen molar-refractivity contribution >= 4 is 29.2 Å². The third-order valence-corrected chi connectivity index (χ3v) is 7.45. The summed E-state index contributed by atoms with van der Waals surface area (Å²) in [5.41, 5.74) is 0. The van der Waals surface area contributed by atoms with E-state index in [1.807, 2.05) is 6.92 Å². The van der Waals surface area contributed by atoms with E-state index in [1.165, 1.54) is 4.90 Å². The van der Waals surface area contributed by atoms with Crippen LogP contribution >= 0.6 is 0 Å². The highest BCUT2D eigenvalue weighted by Gasteiger charge is 2.41. The normalized spacial score (nSPS) is 32.6. The molecule has 9 nitrogen and oxygen atoms in total. The molecular weight excluding hydrogens is 442 g/mol. The summed E-state index contributed by atoms with van der Waals surface area (Å²) in [6.07, 6.45) is 1.54. The second-order valence-corrected chi connectivity index (χ2v) is 10.4. The Hall–Kier alpha value is -1.97. The summed E-state index contributed by atoms with van der Waals surface area (Å²) >= 11 is 0. The summed E-state index contributed by atoms with van der Waals surface area (Å²) in [5.74, 6) is -0.707. The minimum Gasteiger partial charge on any atom is -0.377 e. The lowest BCUT2D eigenvalue weighted by molar-refractivity contribution is -0.151. The minimum atomic E-state index is -0.434. The Morgan fingerprint density at radius 3 is 2.15 bits per heavy atom. The Morgan fingerprint density at radius 2 is 1.56 bits per heavy atom. The summed E-state index contributed by atoms with van der Waals surface area (Å²) in [6.45, 7) is 5.23. The predicted octanol–water partition coefficient (Wildman–Crippen LogP) is 1.49. The zero-order chi connectivity index (χ0) is 24.4. The van der Waals surface area contributed by atoms with Gasteiger partial charge in [0.1, 0.15) is 18.0 Å². The molecule has 4 rings (SSSR count). The number of amides is 2. The Kier molecular flexibility index (Phi) is 7.94. The topological polar surface area (TPSA) is 123 Å². The first-order chi connectivity index (χ1) is 16.2. The van der Waals surface area contributed by atoms with Crippen molar-refractivity contribution in [1.29, 1.82) is 0 Å². The van der Waals surface area contributed by atoms with Gasteiger partial charge in [-0.1, -0.05) is 13.8 Å². The first-order valence-electron chi connectivity index (χ1n) is 12.5. The van der Waals surface area contributed by atoms with Crippen LogP contribution in [0, 0.1) is 23.7 Å². The van der Waals surface area contributed by atoms with Crippen molar-refractivity contribution in [3.05, 3.63) is 0 Å². The Bertz CT molecular complexity index is 815. The number of nitrogens with zero attached hydrogens (tertiary/aromatic N) is 1. The van der Waals surface area contributed by atoms with Gasteiger partial charge in [0, 0.05) is 44.1 Å². The summed E-state index contributed by atoms with van der Waals surface area (Å²) in [6, 6.07) is 0. The van der Waals surface area contributed by atoms with Gasteiger partial charge in [-0.15, -0.1) is 0 Å². The molecule has 1 aliphatic carbocycles. The van der Waals surface area contributed by atoms with Gasteiger partial charge in [-0.2, -0.15) is 0 Å². The lowest BCUT2D eigenvalue weighted by atomic mass is 9.71. The van der Waals surface area contributed by atoms with Crippen LogP contribution < -0.4 is 0 Å². The number of likely N-dealkylation sites (tertiary alicyclic amines) is 1. The van der Waals surface area contributed by atoms with Crippen LogP contribution in [0.2, 0.25) is 0 Å². The molecule has 0 aromatic rings. The van der Waals surface area contributed by atoms with Gasteiger partial charge in [0.15, 0.2) is 11.6 Å².